The van der Waals surface area contributed by atoms with E-state index in [-0.39, 0.29) is 17.8 Å². The number of carbonyl (C=O) groups is 1. The number of carbonyl (C=O) groups excluding carboxylic acids is 1. The average molecular weight is 374 g/mol. The SMILES string of the molecule is O=C(NC1CCN(Cc2ccccc2)C1)c1ccc(-c2cccc(F)c2)cc1. The fraction of sp³-hybridized carbons (Fsp3) is 0.208. The minimum absolute atomic E-state index is 0.0580. The second kappa shape index (κ2) is 8.36. The van der Waals surface area contributed by atoms with Crippen molar-refractivity contribution in [2.75, 3.05) is 13.1 Å². The van der Waals surface area contributed by atoms with Crippen LogP contribution in [0.2, 0.25) is 0 Å². The molecule has 28 heavy (non-hydrogen) atoms. The first kappa shape index (κ1) is 18.4. The minimum atomic E-state index is -0.263. The molecule has 4 rings (SSSR count). The third-order valence-electron chi connectivity index (χ3n) is 5.16. The summed E-state index contributed by atoms with van der Waals surface area (Å²) < 4.78 is 13.4. The summed E-state index contributed by atoms with van der Waals surface area (Å²) in [5.74, 6) is -0.321. The van der Waals surface area contributed by atoms with Gasteiger partial charge in [-0.1, -0.05) is 54.6 Å². The molecule has 142 valence electrons. The molecule has 0 radical (unpaired) electrons. The van der Waals surface area contributed by atoms with Crippen LogP contribution in [-0.2, 0) is 6.54 Å². The molecule has 3 nitrogen and oxygen atoms in total. The number of nitrogens with one attached hydrogen (secondary N) is 1. The molecule has 3 aromatic rings. The summed E-state index contributed by atoms with van der Waals surface area (Å²) in [5.41, 5.74) is 3.62. The van der Waals surface area contributed by atoms with Crippen LogP contribution < -0.4 is 5.32 Å². The van der Waals surface area contributed by atoms with E-state index >= 15 is 0 Å². The fourth-order valence-electron chi connectivity index (χ4n) is 3.69. The Morgan fingerprint density at radius 2 is 1.75 bits per heavy atom. The molecular weight excluding hydrogens is 351 g/mol. The van der Waals surface area contributed by atoms with Crippen LogP contribution in [0.1, 0.15) is 22.3 Å². The predicted molar refractivity (Wildman–Crippen MR) is 109 cm³/mol. The van der Waals surface area contributed by atoms with Crippen LogP contribution in [0, 0.1) is 5.82 Å². The largest absolute Gasteiger partial charge is 0.348 e. The Kier molecular flexibility index (Phi) is 5.49. The maximum atomic E-state index is 13.4. The van der Waals surface area contributed by atoms with Crippen molar-refractivity contribution in [3.05, 3.63) is 95.8 Å². The Balaban J connectivity index is 1.34. The Morgan fingerprint density at radius 3 is 2.50 bits per heavy atom. The van der Waals surface area contributed by atoms with Gasteiger partial charge in [-0.15, -0.1) is 0 Å². The van der Waals surface area contributed by atoms with Gasteiger partial charge in [-0.05, 0) is 47.4 Å². The van der Waals surface area contributed by atoms with E-state index in [2.05, 4.69) is 34.5 Å². The first-order valence-electron chi connectivity index (χ1n) is 9.60. The smallest absolute Gasteiger partial charge is 0.251 e. The van der Waals surface area contributed by atoms with E-state index in [9.17, 15) is 9.18 Å². The molecule has 1 aliphatic heterocycles. The molecule has 1 aliphatic rings. The molecule has 1 amide bonds. The topological polar surface area (TPSA) is 32.3 Å². The van der Waals surface area contributed by atoms with E-state index in [4.69, 9.17) is 0 Å². The molecule has 1 fully saturated rings. The zero-order chi connectivity index (χ0) is 19.3. The summed E-state index contributed by atoms with van der Waals surface area (Å²) in [5, 5.41) is 3.14. The van der Waals surface area contributed by atoms with E-state index in [1.54, 1.807) is 18.2 Å². The van der Waals surface area contributed by atoms with E-state index in [0.717, 1.165) is 37.2 Å². The van der Waals surface area contributed by atoms with Crippen LogP contribution in [-0.4, -0.2) is 29.9 Å². The lowest BCUT2D eigenvalue weighted by Gasteiger charge is -2.17. The van der Waals surface area contributed by atoms with Crippen molar-refractivity contribution >= 4 is 5.91 Å². The van der Waals surface area contributed by atoms with Crippen LogP contribution in [0.5, 0.6) is 0 Å². The van der Waals surface area contributed by atoms with Gasteiger partial charge in [0.1, 0.15) is 5.82 Å². The number of hydrogen-bond donors (Lipinski definition) is 1. The fourth-order valence-corrected chi connectivity index (χ4v) is 3.69. The molecule has 4 heteroatoms. The first-order valence-corrected chi connectivity index (χ1v) is 9.60. The van der Waals surface area contributed by atoms with Gasteiger partial charge in [-0.3, -0.25) is 9.69 Å². The van der Waals surface area contributed by atoms with Gasteiger partial charge >= 0.3 is 0 Å². The van der Waals surface area contributed by atoms with E-state index < -0.39 is 0 Å². The van der Waals surface area contributed by atoms with Gasteiger partial charge < -0.3 is 5.32 Å². The zero-order valence-electron chi connectivity index (χ0n) is 15.6. The van der Waals surface area contributed by atoms with Gasteiger partial charge in [0.15, 0.2) is 0 Å². The number of halogens is 1. The number of amides is 1. The summed E-state index contributed by atoms with van der Waals surface area (Å²) in [6.07, 6.45) is 0.958. The van der Waals surface area contributed by atoms with Crippen LogP contribution in [0.15, 0.2) is 78.9 Å². The molecule has 0 aliphatic carbocycles. The molecule has 0 aromatic heterocycles. The lowest BCUT2D eigenvalue weighted by molar-refractivity contribution is 0.0937. The van der Waals surface area contributed by atoms with Gasteiger partial charge in [-0.2, -0.15) is 0 Å². The third-order valence-corrected chi connectivity index (χ3v) is 5.16. The van der Waals surface area contributed by atoms with Crippen LogP contribution in [0.4, 0.5) is 4.39 Å². The lowest BCUT2D eigenvalue weighted by Crippen LogP contribution is -2.36. The number of likely N-dealkylation sites (tertiary alicyclic amines) is 1. The summed E-state index contributed by atoms with van der Waals surface area (Å²) >= 11 is 0. The number of benzene rings is 3. The second-order valence-corrected chi connectivity index (χ2v) is 7.27. The highest BCUT2D eigenvalue weighted by molar-refractivity contribution is 5.94. The van der Waals surface area contributed by atoms with E-state index in [0.29, 0.717) is 5.56 Å². The highest BCUT2D eigenvalue weighted by atomic mass is 19.1. The Morgan fingerprint density at radius 1 is 0.964 bits per heavy atom. The molecule has 3 aromatic carbocycles. The van der Waals surface area contributed by atoms with Crippen molar-refractivity contribution in [1.29, 1.82) is 0 Å². The molecule has 0 saturated carbocycles. The maximum Gasteiger partial charge on any atom is 0.251 e. The number of rotatable bonds is 5. The van der Waals surface area contributed by atoms with Crippen molar-refractivity contribution in [1.82, 2.24) is 10.2 Å². The highest BCUT2D eigenvalue weighted by Crippen LogP contribution is 2.21. The van der Waals surface area contributed by atoms with E-state index in [1.807, 2.05) is 24.3 Å². The average Bonchev–Trinajstić information content (AvgIpc) is 3.15. The quantitative estimate of drug-likeness (QED) is 0.713. The highest BCUT2D eigenvalue weighted by Gasteiger charge is 2.24. The first-order chi connectivity index (χ1) is 13.7. The van der Waals surface area contributed by atoms with Gasteiger partial charge in [0.05, 0.1) is 0 Å². The number of hydrogen-bond acceptors (Lipinski definition) is 2. The van der Waals surface area contributed by atoms with Crippen molar-refractivity contribution in [2.45, 2.75) is 19.0 Å². The summed E-state index contributed by atoms with van der Waals surface area (Å²) in [6.45, 7) is 2.76. The zero-order valence-corrected chi connectivity index (χ0v) is 15.6. The Hall–Kier alpha value is -2.98. The van der Waals surface area contributed by atoms with Crippen LogP contribution >= 0.6 is 0 Å². The summed E-state index contributed by atoms with van der Waals surface area (Å²) in [4.78, 5) is 14.9. The van der Waals surface area contributed by atoms with Gasteiger partial charge in [0.2, 0.25) is 0 Å². The monoisotopic (exact) mass is 374 g/mol. The van der Waals surface area contributed by atoms with E-state index in [1.165, 1.54) is 17.7 Å². The molecule has 1 saturated heterocycles. The molecule has 1 N–H and O–H groups in total. The molecule has 1 heterocycles. The number of nitrogens with zero attached hydrogens (tertiary/aromatic N) is 1. The maximum absolute atomic E-state index is 13.4. The molecule has 0 spiro atoms. The standard InChI is InChI=1S/C24H23FN2O/c25-22-8-4-7-21(15-22)19-9-11-20(12-10-19)24(28)26-23-13-14-27(17-23)16-18-5-2-1-3-6-18/h1-12,15,23H,13-14,16-17H2,(H,26,28). The van der Waals surface area contributed by atoms with Crippen molar-refractivity contribution < 1.29 is 9.18 Å². The molecule has 1 unspecified atom stereocenters. The predicted octanol–water partition coefficient (Wildman–Crippen LogP) is 4.50. The second-order valence-electron chi connectivity index (χ2n) is 7.27. The van der Waals surface area contributed by atoms with Crippen LogP contribution in [0.3, 0.4) is 0 Å². The Bertz CT molecular complexity index is 940. The third kappa shape index (κ3) is 4.46. The summed E-state index contributed by atoms with van der Waals surface area (Å²) in [7, 11) is 0. The lowest BCUT2D eigenvalue weighted by atomic mass is 10.0. The summed E-state index contributed by atoms with van der Waals surface area (Å²) in [6, 6.07) is 24.3. The van der Waals surface area contributed by atoms with Gasteiger partial charge in [0.25, 0.3) is 5.91 Å². The van der Waals surface area contributed by atoms with Crippen molar-refractivity contribution in [3.63, 3.8) is 0 Å². The normalized spacial score (nSPS) is 16.8. The molecular formula is C24H23FN2O. The minimum Gasteiger partial charge on any atom is -0.348 e. The van der Waals surface area contributed by atoms with Gasteiger partial charge in [0, 0.05) is 31.2 Å². The van der Waals surface area contributed by atoms with Crippen molar-refractivity contribution in [2.24, 2.45) is 0 Å². The van der Waals surface area contributed by atoms with Gasteiger partial charge in [-0.25, -0.2) is 4.39 Å². The van der Waals surface area contributed by atoms with Crippen LogP contribution in [0.25, 0.3) is 11.1 Å². The molecule has 0 bridgehead atoms. The van der Waals surface area contributed by atoms with Crippen molar-refractivity contribution in [3.8, 4) is 11.1 Å². The molecule has 1 atom stereocenters. The Labute approximate surface area is 164 Å².